The Bertz CT molecular complexity index is 894. The topological polar surface area (TPSA) is 98.5 Å². The van der Waals surface area contributed by atoms with Crippen molar-refractivity contribution >= 4 is 41.0 Å². The first-order valence-electron chi connectivity index (χ1n) is 8.30. The number of benzene rings is 1. The number of rotatable bonds is 8. The van der Waals surface area contributed by atoms with Crippen LogP contribution in [0, 0.1) is 10.1 Å². The largest absolute Gasteiger partial charge is 0.449 e. The van der Waals surface area contributed by atoms with Gasteiger partial charge >= 0.3 is 11.8 Å². The van der Waals surface area contributed by atoms with E-state index in [9.17, 15) is 14.9 Å². The number of hydrogen-bond donors (Lipinski definition) is 0. The lowest BCUT2D eigenvalue weighted by Gasteiger charge is -2.21. The molecule has 0 bridgehead atoms. The molecule has 0 aliphatic carbocycles. The van der Waals surface area contributed by atoms with Crippen LogP contribution < -0.4 is 4.90 Å². The summed E-state index contributed by atoms with van der Waals surface area (Å²) in [5.74, 6) is -0.207. The van der Waals surface area contributed by atoms with Gasteiger partial charge in [-0.3, -0.25) is 15.0 Å². The number of allylic oxidation sites excluding steroid dienone is 1. The van der Waals surface area contributed by atoms with Crippen molar-refractivity contribution in [3.8, 4) is 0 Å². The highest BCUT2D eigenvalue weighted by atomic mass is 35.5. The summed E-state index contributed by atoms with van der Waals surface area (Å²) in [4.78, 5) is 32.6. The minimum Gasteiger partial charge on any atom is -0.449 e. The lowest BCUT2D eigenvalue weighted by molar-refractivity contribution is -0.384. The molecule has 0 aliphatic rings. The molecule has 0 radical (unpaired) electrons. The summed E-state index contributed by atoms with van der Waals surface area (Å²) in [6.07, 6.45) is 3.36. The minimum absolute atomic E-state index is 0.0197. The fourth-order valence-corrected chi connectivity index (χ4v) is 3.11. The highest BCUT2D eigenvalue weighted by Crippen LogP contribution is 2.35. The van der Waals surface area contributed by atoms with Crippen LogP contribution >= 0.6 is 23.4 Å². The summed E-state index contributed by atoms with van der Waals surface area (Å²) in [7, 11) is 0. The van der Waals surface area contributed by atoms with E-state index in [4.69, 9.17) is 16.3 Å². The van der Waals surface area contributed by atoms with Crippen molar-refractivity contribution in [1.82, 2.24) is 9.97 Å². The molecule has 10 heteroatoms. The second-order valence-corrected chi connectivity index (χ2v) is 6.66. The van der Waals surface area contributed by atoms with Crippen LogP contribution in [0.4, 0.5) is 16.3 Å². The zero-order chi connectivity index (χ0) is 20.7. The number of hydrogen-bond acceptors (Lipinski definition) is 7. The highest BCUT2D eigenvalue weighted by molar-refractivity contribution is 7.98. The standard InChI is InChI=1S/C18H19ClN4O4S/c1-4-7-12-8-6-9-13(10-12)11-22(18(24)27-5-2)16-14(23(25)26)15(19)20-17(21-16)28-3/h4,6,8-10H,1,5,7,11H2,2-3H3. The van der Waals surface area contributed by atoms with Gasteiger partial charge in [0.05, 0.1) is 18.1 Å². The van der Waals surface area contributed by atoms with Crippen molar-refractivity contribution in [2.45, 2.75) is 25.0 Å². The van der Waals surface area contributed by atoms with E-state index in [2.05, 4.69) is 16.5 Å². The highest BCUT2D eigenvalue weighted by Gasteiger charge is 2.32. The van der Waals surface area contributed by atoms with Gasteiger partial charge < -0.3 is 4.74 Å². The van der Waals surface area contributed by atoms with E-state index in [1.165, 1.54) is 0 Å². The number of nitro groups is 1. The first kappa shape index (κ1) is 21.6. The number of carbonyl (C=O) groups excluding carboxylic acids is 1. The van der Waals surface area contributed by atoms with Crippen LogP contribution in [0.1, 0.15) is 18.1 Å². The van der Waals surface area contributed by atoms with Gasteiger partial charge in [0.1, 0.15) is 0 Å². The van der Waals surface area contributed by atoms with Crippen molar-refractivity contribution in [1.29, 1.82) is 0 Å². The quantitative estimate of drug-likeness (QED) is 0.152. The predicted molar refractivity (Wildman–Crippen MR) is 109 cm³/mol. The van der Waals surface area contributed by atoms with Gasteiger partial charge in [-0.15, -0.1) is 6.58 Å². The van der Waals surface area contributed by atoms with Crippen LogP contribution in [0.25, 0.3) is 0 Å². The lowest BCUT2D eigenvalue weighted by Crippen LogP contribution is -2.32. The Morgan fingerprint density at radius 2 is 2.14 bits per heavy atom. The van der Waals surface area contributed by atoms with Crippen LogP contribution in [-0.2, 0) is 17.7 Å². The Morgan fingerprint density at radius 1 is 1.43 bits per heavy atom. The number of anilines is 1. The van der Waals surface area contributed by atoms with Crippen LogP contribution in [0.3, 0.4) is 0 Å². The molecular weight excluding hydrogens is 404 g/mol. The molecule has 0 fully saturated rings. The molecule has 8 nitrogen and oxygen atoms in total. The number of carbonyl (C=O) groups is 1. The predicted octanol–water partition coefficient (Wildman–Crippen LogP) is 4.65. The zero-order valence-electron chi connectivity index (χ0n) is 15.4. The third kappa shape index (κ3) is 5.20. The average molecular weight is 423 g/mol. The van der Waals surface area contributed by atoms with Crippen molar-refractivity contribution in [3.05, 3.63) is 63.3 Å². The van der Waals surface area contributed by atoms with Gasteiger partial charge in [-0.25, -0.2) is 9.78 Å². The number of nitrogens with zero attached hydrogens (tertiary/aromatic N) is 4. The maximum absolute atomic E-state index is 12.6. The van der Waals surface area contributed by atoms with Crippen molar-refractivity contribution < 1.29 is 14.5 Å². The number of thioether (sulfide) groups is 1. The van der Waals surface area contributed by atoms with Gasteiger partial charge in [0, 0.05) is 0 Å². The molecular formula is C18H19ClN4O4S. The molecule has 0 spiro atoms. The Morgan fingerprint density at radius 3 is 2.75 bits per heavy atom. The molecule has 0 saturated carbocycles. The second kappa shape index (κ2) is 10.0. The zero-order valence-corrected chi connectivity index (χ0v) is 17.0. The van der Waals surface area contributed by atoms with E-state index in [0.717, 1.165) is 27.8 Å². The van der Waals surface area contributed by atoms with Crippen LogP contribution in [-0.4, -0.2) is 33.8 Å². The molecule has 0 unspecified atom stereocenters. The van der Waals surface area contributed by atoms with Crippen molar-refractivity contribution in [3.63, 3.8) is 0 Å². The molecule has 1 aromatic heterocycles. The lowest BCUT2D eigenvalue weighted by atomic mass is 10.1. The summed E-state index contributed by atoms with van der Waals surface area (Å²) in [5, 5.41) is 11.4. The summed E-state index contributed by atoms with van der Waals surface area (Å²) >= 11 is 7.16. The maximum Gasteiger partial charge on any atom is 0.415 e. The van der Waals surface area contributed by atoms with Crippen LogP contribution in [0.5, 0.6) is 0 Å². The maximum atomic E-state index is 12.6. The Labute approximate surface area is 171 Å². The summed E-state index contributed by atoms with van der Waals surface area (Å²) in [5.41, 5.74) is 1.20. The fraction of sp³-hybridized carbons (Fsp3) is 0.278. The molecule has 148 valence electrons. The number of ether oxygens (including phenoxy) is 1. The SMILES string of the molecule is C=CCc1cccc(CN(C(=O)OCC)c2nc(SC)nc(Cl)c2[N+](=O)[O-])c1. The van der Waals surface area contributed by atoms with Crippen molar-refractivity contribution in [2.75, 3.05) is 17.8 Å². The number of halogens is 1. The fourth-order valence-electron chi connectivity index (χ4n) is 2.47. The molecule has 1 amide bonds. The second-order valence-electron chi connectivity index (χ2n) is 5.53. The molecule has 1 heterocycles. The first-order chi connectivity index (χ1) is 13.4. The molecule has 0 N–H and O–H groups in total. The van der Waals surface area contributed by atoms with Gasteiger partial charge in [0.15, 0.2) is 5.16 Å². The number of amides is 1. The van der Waals surface area contributed by atoms with Crippen LogP contribution in [0.15, 0.2) is 42.1 Å². The van der Waals surface area contributed by atoms with Gasteiger partial charge in [0.2, 0.25) is 11.0 Å². The van der Waals surface area contributed by atoms with Gasteiger partial charge in [0.25, 0.3) is 0 Å². The van der Waals surface area contributed by atoms with E-state index in [-0.39, 0.29) is 29.3 Å². The van der Waals surface area contributed by atoms with E-state index in [0.29, 0.717) is 6.42 Å². The smallest absolute Gasteiger partial charge is 0.415 e. The third-order valence-corrected chi connectivity index (χ3v) is 4.43. The molecule has 0 aliphatic heterocycles. The Balaban J connectivity index is 2.56. The van der Waals surface area contributed by atoms with E-state index < -0.39 is 16.7 Å². The Kier molecular flexibility index (Phi) is 7.77. The van der Waals surface area contributed by atoms with Crippen molar-refractivity contribution in [2.24, 2.45) is 0 Å². The molecule has 0 atom stereocenters. The normalized spacial score (nSPS) is 10.4. The summed E-state index contributed by atoms with van der Waals surface area (Å²) in [6.45, 7) is 5.49. The molecule has 28 heavy (non-hydrogen) atoms. The van der Waals surface area contributed by atoms with E-state index in [1.807, 2.05) is 24.3 Å². The summed E-state index contributed by atoms with van der Waals surface area (Å²) < 4.78 is 5.09. The molecule has 2 rings (SSSR count). The average Bonchev–Trinajstić information content (AvgIpc) is 2.65. The molecule has 2 aromatic rings. The molecule has 0 saturated heterocycles. The monoisotopic (exact) mass is 422 g/mol. The van der Waals surface area contributed by atoms with E-state index in [1.54, 1.807) is 19.3 Å². The third-order valence-electron chi connectivity index (χ3n) is 3.62. The van der Waals surface area contributed by atoms with Gasteiger partial charge in [-0.05, 0) is 30.7 Å². The van der Waals surface area contributed by atoms with Gasteiger partial charge in [-0.2, -0.15) is 4.98 Å². The van der Waals surface area contributed by atoms with E-state index >= 15 is 0 Å². The van der Waals surface area contributed by atoms with Gasteiger partial charge in [-0.1, -0.05) is 53.7 Å². The van der Waals surface area contributed by atoms with Crippen LogP contribution in [0.2, 0.25) is 5.15 Å². The Hall–Kier alpha value is -2.65. The minimum atomic E-state index is -0.762. The summed E-state index contributed by atoms with van der Waals surface area (Å²) in [6, 6.07) is 7.46. The molecule has 1 aromatic carbocycles. The first-order valence-corrected chi connectivity index (χ1v) is 9.90. The number of aromatic nitrogens is 2.